The second kappa shape index (κ2) is 5.81. The highest BCUT2D eigenvalue weighted by Gasteiger charge is 2.26. The first-order valence-corrected chi connectivity index (χ1v) is 6.05. The van der Waals surface area contributed by atoms with Gasteiger partial charge in [0.15, 0.2) is 5.78 Å². The molecule has 2 aromatic carbocycles. The molecule has 2 nitrogen and oxygen atoms in total. The number of nitrogens with zero attached hydrogens (tertiary/aromatic N) is 1. The lowest BCUT2D eigenvalue weighted by atomic mass is 9.91. The van der Waals surface area contributed by atoms with Crippen molar-refractivity contribution in [2.24, 2.45) is 0 Å². The topological polar surface area (TPSA) is 40.9 Å². The van der Waals surface area contributed by atoms with Gasteiger partial charge in [-0.05, 0) is 18.2 Å². The summed E-state index contributed by atoms with van der Waals surface area (Å²) >= 11 is 5.89. The Hall–Kier alpha value is -2.25. The molecule has 1 unspecified atom stereocenters. The maximum absolute atomic E-state index is 13.7. The number of benzene rings is 2. The van der Waals surface area contributed by atoms with Crippen molar-refractivity contribution < 1.29 is 13.6 Å². The molecule has 0 amide bonds. The molecule has 0 saturated heterocycles. The number of hydrogen-bond acceptors (Lipinski definition) is 2. The molecule has 0 N–H and O–H groups in total. The molecule has 2 rings (SSSR count). The van der Waals surface area contributed by atoms with Crippen LogP contribution in [0.5, 0.6) is 0 Å². The fourth-order valence-corrected chi connectivity index (χ4v) is 2.05. The van der Waals surface area contributed by atoms with Crippen molar-refractivity contribution in [1.82, 2.24) is 0 Å². The molecule has 0 bridgehead atoms. The summed E-state index contributed by atoms with van der Waals surface area (Å²) in [6.45, 7) is 0. The van der Waals surface area contributed by atoms with E-state index in [2.05, 4.69) is 0 Å². The largest absolute Gasteiger partial charge is 0.292 e. The molecule has 100 valence electrons. The smallest absolute Gasteiger partial charge is 0.186 e. The number of carbonyl (C=O) groups is 1. The van der Waals surface area contributed by atoms with E-state index >= 15 is 0 Å². The van der Waals surface area contributed by atoms with Gasteiger partial charge in [0, 0.05) is 17.2 Å². The van der Waals surface area contributed by atoms with Crippen LogP contribution in [0.1, 0.15) is 21.8 Å². The second-order valence-electron chi connectivity index (χ2n) is 4.07. The molecule has 1 atom stereocenters. The molecular weight excluding hydrogens is 284 g/mol. The van der Waals surface area contributed by atoms with Crippen LogP contribution in [0.3, 0.4) is 0 Å². The van der Waals surface area contributed by atoms with Crippen LogP contribution >= 0.6 is 11.6 Å². The third-order valence-electron chi connectivity index (χ3n) is 2.80. The van der Waals surface area contributed by atoms with Crippen LogP contribution in [-0.4, -0.2) is 5.78 Å². The SMILES string of the molecule is N#CC(C(=O)c1ccccc1Cl)c1ccc(F)cc1F. The Morgan fingerprint density at radius 3 is 2.50 bits per heavy atom. The van der Waals surface area contributed by atoms with Crippen molar-refractivity contribution in [1.29, 1.82) is 5.26 Å². The fourth-order valence-electron chi connectivity index (χ4n) is 1.82. The summed E-state index contributed by atoms with van der Waals surface area (Å²) in [6.07, 6.45) is 0. The molecule has 0 spiro atoms. The molecule has 2 aromatic rings. The zero-order chi connectivity index (χ0) is 14.7. The Balaban J connectivity index is 2.46. The van der Waals surface area contributed by atoms with Crippen LogP contribution in [-0.2, 0) is 0 Å². The van der Waals surface area contributed by atoms with Crippen molar-refractivity contribution in [3.63, 3.8) is 0 Å². The first kappa shape index (κ1) is 14.2. The number of nitriles is 1. The Morgan fingerprint density at radius 2 is 1.90 bits per heavy atom. The average Bonchev–Trinajstić information content (AvgIpc) is 2.42. The van der Waals surface area contributed by atoms with Crippen molar-refractivity contribution in [3.8, 4) is 6.07 Å². The van der Waals surface area contributed by atoms with Crippen LogP contribution in [0.15, 0.2) is 42.5 Å². The number of halogens is 3. The van der Waals surface area contributed by atoms with Gasteiger partial charge in [-0.25, -0.2) is 8.78 Å². The molecule has 0 heterocycles. The van der Waals surface area contributed by atoms with E-state index in [1.807, 2.05) is 0 Å². The van der Waals surface area contributed by atoms with E-state index in [1.54, 1.807) is 18.2 Å². The zero-order valence-corrected chi connectivity index (χ0v) is 10.9. The van der Waals surface area contributed by atoms with Crippen LogP contribution in [0.25, 0.3) is 0 Å². The molecule has 0 aliphatic rings. The first-order chi connectivity index (χ1) is 9.54. The summed E-state index contributed by atoms with van der Waals surface area (Å²) in [7, 11) is 0. The molecule has 0 saturated carbocycles. The standard InChI is InChI=1S/C15H8ClF2NO/c16-13-4-2-1-3-11(13)15(20)12(8-19)10-6-5-9(17)7-14(10)18/h1-7,12H. The van der Waals surface area contributed by atoms with Gasteiger partial charge in [-0.3, -0.25) is 4.79 Å². The van der Waals surface area contributed by atoms with Crippen molar-refractivity contribution in [2.75, 3.05) is 0 Å². The zero-order valence-electron chi connectivity index (χ0n) is 10.1. The van der Waals surface area contributed by atoms with E-state index in [0.717, 1.165) is 12.1 Å². The van der Waals surface area contributed by atoms with Crippen molar-refractivity contribution in [3.05, 3.63) is 70.2 Å². The number of Topliss-reactive ketones (excluding diaryl/α,β-unsaturated/α-hetero) is 1. The lowest BCUT2D eigenvalue weighted by molar-refractivity contribution is 0.0977. The number of ketones is 1. The quantitative estimate of drug-likeness (QED) is 0.799. The van der Waals surface area contributed by atoms with E-state index in [9.17, 15) is 13.6 Å². The van der Waals surface area contributed by atoms with Crippen molar-refractivity contribution in [2.45, 2.75) is 5.92 Å². The normalized spacial score (nSPS) is 11.7. The number of carbonyl (C=O) groups excluding carboxylic acids is 1. The maximum Gasteiger partial charge on any atom is 0.186 e. The van der Waals surface area contributed by atoms with Gasteiger partial charge < -0.3 is 0 Å². The first-order valence-electron chi connectivity index (χ1n) is 5.68. The van der Waals surface area contributed by atoms with E-state index in [1.165, 1.54) is 12.1 Å². The predicted molar refractivity (Wildman–Crippen MR) is 70.5 cm³/mol. The van der Waals surface area contributed by atoms with Gasteiger partial charge in [0.2, 0.25) is 0 Å². The van der Waals surface area contributed by atoms with Crippen LogP contribution in [0.2, 0.25) is 5.02 Å². The van der Waals surface area contributed by atoms with Crippen LogP contribution in [0.4, 0.5) is 8.78 Å². The lowest BCUT2D eigenvalue weighted by Crippen LogP contribution is -2.13. The highest BCUT2D eigenvalue weighted by Crippen LogP contribution is 2.26. The molecule has 0 fully saturated rings. The number of hydrogen-bond donors (Lipinski definition) is 0. The minimum Gasteiger partial charge on any atom is -0.292 e. The van der Waals surface area contributed by atoms with Crippen LogP contribution in [0, 0.1) is 23.0 Å². The summed E-state index contributed by atoms with van der Waals surface area (Å²) in [5.74, 6) is -3.69. The van der Waals surface area contributed by atoms with Gasteiger partial charge in [-0.1, -0.05) is 29.8 Å². The van der Waals surface area contributed by atoms with Crippen molar-refractivity contribution >= 4 is 17.4 Å². The molecule has 5 heteroatoms. The summed E-state index contributed by atoms with van der Waals surface area (Å²) in [5.41, 5.74) is -0.0386. The fraction of sp³-hybridized carbons (Fsp3) is 0.0667. The summed E-state index contributed by atoms with van der Waals surface area (Å²) in [5, 5.41) is 9.30. The second-order valence-corrected chi connectivity index (χ2v) is 4.48. The van der Waals surface area contributed by atoms with E-state index < -0.39 is 23.3 Å². The van der Waals surface area contributed by atoms with E-state index in [0.29, 0.717) is 6.07 Å². The highest BCUT2D eigenvalue weighted by molar-refractivity contribution is 6.34. The summed E-state index contributed by atoms with van der Waals surface area (Å²) < 4.78 is 26.6. The van der Waals surface area contributed by atoms with Gasteiger partial charge in [0.25, 0.3) is 0 Å². The molecular formula is C15H8ClF2NO. The third-order valence-corrected chi connectivity index (χ3v) is 3.13. The maximum atomic E-state index is 13.7. The van der Waals surface area contributed by atoms with Gasteiger partial charge in [0.05, 0.1) is 11.1 Å². The van der Waals surface area contributed by atoms with E-state index in [-0.39, 0.29) is 16.1 Å². The summed E-state index contributed by atoms with van der Waals surface area (Å²) in [6, 6.07) is 10.7. The minimum absolute atomic E-state index is 0.129. The average molecular weight is 292 g/mol. The molecule has 0 aliphatic heterocycles. The Morgan fingerprint density at radius 1 is 1.20 bits per heavy atom. The van der Waals surface area contributed by atoms with E-state index in [4.69, 9.17) is 16.9 Å². The molecule has 0 aromatic heterocycles. The van der Waals surface area contributed by atoms with Gasteiger partial charge in [-0.2, -0.15) is 5.26 Å². The summed E-state index contributed by atoms with van der Waals surface area (Å²) in [4.78, 5) is 12.3. The third kappa shape index (κ3) is 2.68. The molecule has 20 heavy (non-hydrogen) atoms. The van der Waals surface area contributed by atoms with Gasteiger partial charge in [0.1, 0.15) is 17.6 Å². The lowest BCUT2D eigenvalue weighted by Gasteiger charge is -2.10. The van der Waals surface area contributed by atoms with Crippen LogP contribution < -0.4 is 0 Å². The van der Waals surface area contributed by atoms with Gasteiger partial charge in [-0.15, -0.1) is 0 Å². The Bertz CT molecular complexity index is 709. The highest BCUT2D eigenvalue weighted by atomic mass is 35.5. The number of rotatable bonds is 3. The molecule has 0 aliphatic carbocycles. The Kier molecular flexibility index (Phi) is 4.11. The molecule has 0 radical (unpaired) electrons. The predicted octanol–water partition coefficient (Wildman–Crippen LogP) is 4.11. The monoisotopic (exact) mass is 291 g/mol. The Labute approximate surface area is 119 Å². The van der Waals surface area contributed by atoms with Gasteiger partial charge >= 0.3 is 0 Å². The minimum atomic E-state index is -1.37.